The lowest BCUT2D eigenvalue weighted by Crippen LogP contribution is -2.39. The highest BCUT2D eigenvalue weighted by Gasteiger charge is 2.34. The molecule has 6 heterocycles. The summed E-state index contributed by atoms with van der Waals surface area (Å²) in [4.78, 5) is 16.3. The molecule has 62 heavy (non-hydrogen) atoms. The minimum atomic E-state index is -0.148. The number of aliphatic imine (C=N–C) groups is 1. The van der Waals surface area contributed by atoms with Crippen LogP contribution in [0.25, 0.3) is 44.6 Å². The molecule has 9 aromatic rings. The van der Waals surface area contributed by atoms with Crippen molar-refractivity contribution >= 4 is 73.2 Å². The normalized spacial score (nSPS) is 18.7. The molecule has 1 aliphatic carbocycles. The van der Waals surface area contributed by atoms with Crippen LogP contribution in [0.4, 0.5) is 28.6 Å². The number of allylic oxidation sites excluding steroid dienone is 2. The molecule has 0 amide bonds. The van der Waals surface area contributed by atoms with Crippen LogP contribution >= 0.6 is 0 Å². The second-order valence-corrected chi connectivity index (χ2v) is 17.5. The Morgan fingerprint density at radius 3 is 1.79 bits per heavy atom. The molecule has 0 fully saturated rings. The summed E-state index contributed by atoms with van der Waals surface area (Å²) >= 11 is 0. The van der Waals surface area contributed by atoms with E-state index in [0.717, 1.165) is 53.3 Å². The van der Waals surface area contributed by atoms with Gasteiger partial charge < -0.3 is 4.90 Å². The van der Waals surface area contributed by atoms with Crippen molar-refractivity contribution in [2.75, 3.05) is 9.80 Å². The lowest BCUT2D eigenvalue weighted by molar-refractivity contribution is 0.537. The van der Waals surface area contributed by atoms with Crippen molar-refractivity contribution in [2.24, 2.45) is 16.8 Å². The molecule has 0 radical (unpaired) electrons. The van der Waals surface area contributed by atoms with Crippen molar-refractivity contribution < 1.29 is 0 Å². The molecule has 3 aliphatic heterocycles. The van der Waals surface area contributed by atoms with E-state index in [4.69, 9.17) is 9.98 Å². The minimum absolute atomic E-state index is 0.148. The number of benzene rings is 6. The van der Waals surface area contributed by atoms with Gasteiger partial charge in [0.25, 0.3) is 0 Å². The number of nitrogens with zero attached hydrogens (tertiary/aromatic N) is 6. The molecule has 3 atom stereocenters. The van der Waals surface area contributed by atoms with Crippen molar-refractivity contribution in [2.45, 2.75) is 39.3 Å². The molecule has 0 saturated carbocycles. The first-order valence-corrected chi connectivity index (χ1v) is 22.0. The zero-order valence-corrected chi connectivity index (χ0v) is 34.8. The highest BCUT2D eigenvalue weighted by atomic mass is 15.3. The number of para-hydroxylation sites is 5. The predicted molar refractivity (Wildman–Crippen MR) is 256 cm³/mol. The summed E-state index contributed by atoms with van der Waals surface area (Å²) in [5, 5.41) is 3.68. The molecule has 0 spiro atoms. The number of hydrogen-bond donors (Lipinski definition) is 0. The Morgan fingerprint density at radius 2 is 1.08 bits per heavy atom. The highest BCUT2D eigenvalue weighted by Crippen LogP contribution is 2.47. The molecule has 298 valence electrons. The lowest BCUT2D eigenvalue weighted by atomic mass is 9.93. The third-order valence-electron chi connectivity index (χ3n) is 13.7. The van der Waals surface area contributed by atoms with Gasteiger partial charge in [0.1, 0.15) is 23.6 Å². The van der Waals surface area contributed by atoms with Gasteiger partial charge in [-0.1, -0.05) is 135 Å². The summed E-state index contributed by atoms with van der Waals surface area (Å²) in [5.74, 6) is 3.33. The number of aromatic nitrogens is 3. The maximum absolute atomic E-state index is 5.82. The van der Waals surface area contributed by atoms with Gasteiger partial charge in [0.2, 0.25) is 0 Å². The van der Waals surface area contributed by atoms with Crippen LogP contribution in [0, 0.1) is 11.8 Å². The number of dihydropyridines is 1. The molecule has 0 bridgehead atoms. The van der Waals surface area contributed by atoms with E-state index in [1.807, 2.05) is 0 Å². The Hall–Kier alpha value is -7.44. The topological polar surface area (TPSA) is 41.6 Å². The number of fused-ring (bicyclic) bond motifs is 11. The Kier molecular flexibility index (Phi) is 7.71. The van der Waals surface area contributed by atoms with Crippen LogP contribution in [0.5, 0.6) is 0 Å². The lowest BCUT2D eigenvalue weighted by Gasteiger charge is -2.40. The molecular formula is C56H44N6. The van der Waals surface area contributed by atoms with E-state index in [1.54, 1.807) is 0 Å². The Labute approximate surface area is 361 Å². The van der Waals surface area contributed by atoms with Crippen LogP contribution in [-0.2, 0) is 19.3 Å². The summed E-state index contributed by atoms with van der Waals surface area (Å²) in [6.07, 6.45) is 11.9. The molecular weight excluding hydrogens is 757 g/mol. The Bertz CT molecular complexity index is 3320. The molecule has 0 saturated heterocycles. The molecule has 4 aliphatic rings. The maximum Gasteiger partial charge on any atom is 0.140 e. The summed E-state index contributed by atoms with van der Waals surface area (Å²) in [6, 6.07) is 55.3. The summed E-state index contributed by atoms with van der Waals surface area (Å²) in [6.45, 7) is 4.62. The van der Waals surface area contributed by atoms with E-state index in [0.29, 0.717) is 5.92 Å². The van der Waals surface area contributed by atoms with Gasteiger partial charge in [-0.2, -0.15) is 0 Å². The molecule has 0 N–H and O–H groups in total. The fourth-order valence-electron chi connectivity index (χ4n) is 10.9. The second-order valence-electron chi connectivity index (χ2n) is 17.5. The maximum atomic E-state index is 5.82. The predicted octanol–water partition coefficient (Wildman–Crippen LogP) is 13.2. The zero-order valence-electron chi connectivity index (χ0n) is 34.8. The van der Waals surface area contributed by atoms with Crippen LogP contribution in [0.1, 0.15) is 47.4 Å². The molecule has 3 aromatic heterocycles. The monoisotopic (exact) mass is 800 g/mol. The molecule has 6 aromatic carbocycles. The summed E-state index contributed by atoms with van der Waals surface area (Å²) in [5.41, 5.74) is 16.1. The van der Waals surface area contributed by atoms with E-state index in [9.17, 15) is 0 Å². The number of anilines is 5. The van der Waals surface area contributed by atoms with Crippen molar-refractivity contribution in [1.82, 2.24) is 14.1 Å². The van der Waals surface area contributed by atoms with Crippen LogP contribution in [0.15, 0.2) is 175 Å². The highest BCUT2D eigenvalue weighted by molar-refractivity contribution is 6.23. The average Bonchev–Trinajstić information content (AvgIpc) is 3.83. The summed E-state index contributed by atoms with van der Waals surface area (Å²) in [7, 11) is 0. The fourth-order valence-corrected chi connectivity index (χ4v) is 10.9. The van der Waals surface area contributed by atoms with E-state index < -0.39 is 0 Å². The van der Waals surface area contributed by atoms with Crippen molar-refractivity contribution in [1.29, 1.82) is 0 Å². The van der Waals surface area contributed by atoms with Gasteiger partial charge in [-0.25, -0.2) is 9.98 Å². The third-order valence-corrected chi connectivity index (χ3v) is 13.7. The van der Waals surface area contributed by atoms with Gasteiger partial charge in [0.05, 0.1) is 33.6 Å². The molecule has 6 nitrogen and oxygen atoms in total. The average molecular weight is 801 g/mol. The number of hydrogen-bond acceptors (Lipinski definition) is 4. The van der Waals surface area contributed by atoms with Gasteiger partial charge in [0.15, 0.2) is 0 Å². The van der Waals surface area contributed by atoms with Gasteiger partial charge >= 0.3 is 0 Å². The van der Waals surface area contributed by atoms with Gasteiger partial charge in [-0.15, -0.1) is 0 Å². The molecule has 3 unspecified atom stereocenters. The summed E-state index contributed by atoms with van der Waals surface area (Å²) < 4.78 is 4.89. The van der Waals surface area contributed by atoms with Crippen LogP contribution in [0.2, 0.25) is 0 Å². The zero-order chi connectivity index (χ0) is 41.1. The first kappa shape index (κ1) is 35.3. The van der Waals surface area contributed by atoms with E-state index in [1.165, 1.54) is 72.4 Å². The van der Waals surface area contributed by atoms with E-state index >= 15 is 0 Å². The standard InChI is InChI=1S/C56H44N6/c1-35-26-30-50-44(32-35)43-29-28-42-41-18-7-12-23-49(41)61(53-31-27-36(2)56(58-53)60-47-21-10-5-16-39(47)34-40-17-6-11-22-48(40)60)54(42)55(43)62(50)52-25-13-24-51(57-52)59-45-19-8-3-14-37(45)33-38-15-4-9-20-46(38)59/h3-31,35-36,56H,32-34H2,1-2H3. The van der Waals surface area contributed by atoms with Crippen molar-refractivity contribution in [3.05, 3.63) is 203 Å². The van der Waals surface area contributed by atoms with Gasteiger partial charge in [0, 0.05) is 46.3 Å². The number of pyridine rings is 1. The number of rotatable bonds is 3. The fraction of sp³-hybridized carbons (Fsp3) is 0.143. The first-order chi connectivity index (χ1) is 30.6. The Morgan fingerprint density at radius 1 is 0.500 bits per heavy atom. The second kappa shape index (κ2) is 13.5. The minimum Gasteiger partial charge on any atom is -0.318 e. The van der Waals surface area contributed by atoms with E-state index in [2.05, 4.69) is 209 Å². The van der Waals surface area contributed by atoms with Gasteiger partial charge in [-0.05, 0) is 94.8 Å². The van der Waals surface area contributed by atoms with Crippen molar-refractivity contribution in [3.8, 4) is 5.82 Å². The third kappa shape index (κ3) is 5.16. The van der Waals surface area contributed by atoms with Crippen LogP contribution < -0.4 is 9.80 Å². The SMILES string of the molecule is CC1C=Cc2c(c3ccc4c5ccccc5n(C5=NC(N6c7ccccc7Cc7ccccc76)C(C)C=C5)c4c3n2-c2cccc(N3c4ccccc4Cc4ccccc43)n2)C1. The van der Waals surface area contributed by atoms with E-state index in [-0.39, 0.29) is 12.1 Å². The largest absolute Gasteiger partial charge is 0.318 e. The quantitative estimate of drug-likeness (QED) is 0.179. The Balaban J connectivity index is 1.07. The van der Waals surface area contributed by atoms with Crippen LogP contribution in [-0.4, -0.2) is 26.1 Å². The molecule has 6 heteroatoms. The molecule has 13 rings (SSSR count). The van der Waals surface area contributed by atoms with Crippen LogP contribution in [0.3, 0.4) is 0 Å². The van der Waals surface area contributed by atoms with Gasteiger partial charge in [-0.3, -0.25) is 14.0 Å². The smallest absolute Gasteiger partial charge is 0.140 e. The first-order valence-electron chi connectivity index (χ1n) is 22.0. The van der Waals surface area contributed by atoms with Crippen molar-refractivity contribution in [3.63, 3.8) is 0 Å².